The molecule has 1 saturated heterocycles. The van der Waals surface area contributed by atoms with Crippen molar-refractivity contribution in [1.29, 1.82) is 0 Å². The predicted octanol–water partition coefficient (Wildman–Crippen LogP) is 5.17. The minimum atomic E-state index is -0.377. The second-order valence-electron chi connectivity index (χ2n) is 7.46. The molecule has 2 nitrogen and oxygen atoms in total. The molecule has 1 heterocycles. The summed E-state index contributed by atoms with van der Waals surface area (Å²) < 4.78 is 12.6. The summed E-state index contributed by atoms with van der Waals surface area (Å²) >= 11 is 0. The van der Waals surface area contributed by atoms with Crippen molar-refractivity contribution in [2.24, 2.45) is 0 Å². The van der Waals surface area contributed by atoms with Crippen molar-refractivity contribution in [3.05, 3.63) is 71.3 Å². The Morgan fingerprint density at radius 3 is 1.92 bits per heavy atom. The van der Waals surface area contributed by atoms with Crippen molar-refractivity contribution in [3.8, 4) is 0 Å². The Labute approximate surface area is 145 Å². The van der Waals surface area contributed by atoms with Gasteiger partial charge in [0.25, 0.3) is 0 Å². The molecule has 0 bridgehead atoms. The van der Waals surface area contributed by atoms with Gasteiger partial charge in [-0.3, -0.25) is 0 Å². The van der Waals surface area contributed by atoms with E-state index in [4.69, 9.17) is 9.31 Å². The van der Waals surface area contributed by atoms with Crippen molar-refractivity contribution in [3.63, 3.8) is 0 Å². The molecular weight excluding hydrogens is 295 g/mol. The molecule has 1 aliphatic rings. The number of aryl methyl sites for hydroxylation is 1. The van der Waals surface area contributed by atoms with Gasteiger partial charge in [0.1, 0.15) is 0 Å². The lowest BCUT2D eigenvalue weighted by Gasteiger charge is -2.32. The molecule has 0 radical (unpaired) electrons. The Balaban J connectivity index is 2.04. The molecule has 2 aromatic rings. The van der Waals surface area contributed by atoms with Gasteiger partial charge in [-0.25, -0.2) is 0 Å². The zero-order chi connectivity index (χ0) is 17.4. The van der Waals surface area contributed by atoms with Crippen LogP contribution in [0.1, 0.15) is 44.4 Å². The molecule has 24 heavy (non-hydrogen) atoms. The smallest absolute Gasteiger partial charge is 0.399 e. The first-order valence-electron chi connectivity index (χ1n) is 8.48. The first kappa shape index (κ1) is 17.0. The van der Waals surface area contributed by atoms with Crippen molar-refractivity contribution in [1.82, 2.24) is 0 Å². The maximum absolute atomic E-state index is 6.29. The zero-order valence-electron chi connectivity index (χ0n) is 15.2. The van der Waals surface area contributed by atoms with Gasteiger partial charge in [0, 0.05) is 0 Å². The third kappa shape index (κ3) is 3.33. The van der Waals surface area contributed by atoms with E-state index in [2.05, 4.69) is 77.1 Å². The van der Waals surface area contributed by atoms with E-state index in [-0.39, 0.29) is 18.3 Å². The summed E-state index contributed by atoms with van der Waals surface area (Å²) in [5.74, 6) is 0. The lowest BCUT2D eigenvalue weighted by molar-refractivity contribution is 0.00578. The number of hydrogen-bond donors (Lipinski definition) is 0. The van der Waals surface area contributed by atoms with E-state index in [0.717, 1.165) is 16.6 Å². The van der Waals surface area contributed by atoms with Gasteiger partial charge in [0.05, 0.1) is 11.2 Å². The highest BCUT2D eigenvalue weighted by Crippen LogP contribution is 2.41. The molecule has 0 aromatic heterocycles. The van der Waals surface area contributed by atoms with Gasteiger partial charge in [0.15, 0.2) is 0 Å². The van der Waals surface area contributed by atoms with E-state index in [1.165, 1.54) is 5.56 Å². The van der Waals surface area contributed by atoms with E-state index >= 15 is 0 Å². The molecule has 0 aliphatic carbocycles. The third-order valence-corrected chi connectivity index (χ3v) is 5.01. The fourth-order valence-corrected chi connectivity index (χ4v) is 2.73. The summed E-state index contributed by atoms with van der Waals surface area (Å²) in [4.78, 5) is 0. The summed E-state index contributed by atoms with van der Waals surface area (Å²) in [6.07, 6.45) is 2.16. The van der Waals surface area contributed by atoms with Crippen LogP contribution in [0.2, 0.25) is 0 Å². The molecule has 1 aliphatic heterocycles. The van der Waals surface area contributed by atoms with E-state index in [9.17, 15) is 0 Å². The van der Waals surface area contributed by atoms with Crippen LogP contribution in [0.3, 0.4) is 0 Å². The molecule has 2 aromatic carbocycles. The van der Waals surface area contributed by atoms with Crippen molar-refractivity contribution in [2.75, 3.05) is 0 Å². The lowest BCUT2D eigenvalue weighted by atomic mass is 9.73. The van der Waals surface area contributed by atoms with Crippen molar-refractivity contribution < 1.29 is 9.31 Å². The second kappa shape index (κ2) is 6.23. The minimum Gasteiger partial charge on any atom is -0.399 e. The highest BCUT2D eigenvalue weighted by Gasteiger charge is 2.52. The molecular formula is C21H25BO2. The van der Waals surface area contributed by atoms with Gasteiger partial charge >= 0.3 is 7.12 Å². The highest BCUT2D eigenvalue weighted by molar-refractivity contribution is 6.70. The Bertz CT molecular complexity index is 714. The largest absolute Gasteiger partial charge is 0.495 e. The van der Waals surface area contributed by atoms with Crippen LogP contribution in [0, 0.1) is 6.92 Å². The maximum atomic E-state index is 6.29. The molecule has 0 spiro atoms. The summed E-state index contributed by atoms with van der Waals surface area (Å²) in [7, 11) is -0.377. The molecule has 3 heteroatoms. The zero-order valence-corrected chi connectivity index (χ0v) is 15.2. The Hall–Kier alpha value is -1.84. The Morgan fingerprint density at radius 1 is 0.833 bits per heavy atom. The van der Waals surface area contributed by atoms with E-state index in [1.54, 1.807) is 0 Å². The number of rotatable bonds is 3. The Kier molecular flexibility index (Phi) is 4.41. The molecule has 0 N–H and O–H groups in total. The average molecular weight is 320 g/mol. The van der Waals surface area contributed by atoms with Crippen LogP contribution >= 0.6 is 0 Å². The van der Waals surface area contributed by atoms with Gasteiger partial charge in [-0.05, 0) is 51.2 Å². The van der Waals surface area contributed by atoms with Crippen LogP contribution in [0.25, 0.3) is 11.5 Å². The quantitative estimate of drug-likeness (QED) is 0.574. The molecule has 0 amide bonds. The van der Waals surface area contributed by atoms with Crippen molar-refractivity contribution >= 4 is 18.7 Å². The average Bonchev–Trinajstić information content (AvgIpc) is 2.75. The van der Waals surface area contributed by atoms with Gasteiger partial charge in [-0.15, -0.1) is 0 Å². The predicted molar refractivity (Wildman–Crippen MR) is 102 cm³/mol. The van der Waals surface area contributed by atoms with Crippen molar-refractivity contribution in [2.45, 2.75) is 45.8 Å². The first-order valence-corrected chi connectivity index (χ1v) is 8.48. The van der Waals surface area contributed by atoms with Crippen LogP contribution < -0.4 is 0 Å². The number of hydrogen-bond acceptors (Lipinski definition) is 2. The summed E-state index contributed by atoms with van der Waals surface area (Å²) in [6.45, 7) is 10.4. The first-order chi connectivity index (χ1) is 11.3. The van der Waals surface area contributed by atoms with E-state index < -0.39 is 0 Å². The standard InChI is InChI=1S/C21H25BO2/c1-16-11-13-18(14-12-16)19(15-17-9-7-6-8-10-17)22-23-20(2,3)21(4,5)24-22/h6-15H,1-5H3/b19-15+. The van der Waals surface area contributed by atoms with Gasteiger partial charge in [-0.1, -0.05) is 66.2 Å². The van der Waals surface area contributed by atoms with Crippen LogP contribution in [0.5, 0.6) is 0 Å². The molecule has 124 valence electrons. The van der Waals surface area contributed by atoms with Crippen LogP contribution in [0.4, 0.5) is 0 Å². The Morgan fingerprint density at radius 2 is 1.38 bits per heavy atom. The fraction of sp³-hybridized carbons (Fsp3) is 0.333. The molecule has 1 fully saturated rings. The lowest BCUT2D eigenvalue weighted by Crippen LogP contribution is -2.41. The molecule has 3 rings (SSSR count). The molecule has 0 unspecified atom stereocenters. The third-order valence-electron chi connectivity index (χ3n) is 5.01. The van der Waals surface area contributed by atoms with E-state index in [1.807, 2.05) is 18.2 Å². The normalized spacial score (nSPS) is 19.5. The second-order valence-corrected chi connectivity index (χ2v) is 7.46. The maximum Gasteiger partial charge on any atom is 0.495 e. The summed E-state index contributed by atoms with van der Waals surface area (Å²) in [6, 6.07) is 18.8. The SMILES string of the molecule is Cc1ccc(/C(=C\c2ccccc2)B2OC(C)(C)C(C)(C)O2)cc1. The van der Waals surface area contributed by atoms with Crippen LogP contribution in [0.15, 0.2) is 54.6 Å². The molecule has 0 saturated carbocycles. The van der Waals surface area contributed by atoms with Crippen LogP contribution in [-0.2, 0) is 9.31 Å². The topological polar surface area (TPSA) is 18.5 Å². The minimum absolute atomic E-state index is 0.349. The van der Waals surface area contributed by atoms with E-state index in [0.29, 0.717) is 0 Å². The monoisotopic (exact) mass is 320 g/mol. The van der Waals surface area contributed by atoms with Crippen LogP contribution in [-0.4, -0.2) is 18.3 Å². The van der Waals surface area contributed by atoms with Gasteiger partial charge < -0.3 is 9.31 Å². The number of benzene rings is 2. The van der Waals surface area contributed by atoms with Gasteiger partial charge in [0.2, 0.25) is 0 Å². The van der Waals surface area contributed by atoms with Gasteiger partial charge in [-0.2, -0.15) is 0 Å². The summed E-state index contributed by atoms with van der Waals surface area (Å²) in [5, 5.41) is 0. The summed E-state index contributed by atoms with van der Waals surface area (Å²) in [5.41, 5.74) is 3.87. The fourth-order valence-electron chi connectivity index (χ4n) is 2.73. The highest BCUT2D eigenvalue weighted by atomic mass is 16.7. The molecule has 0 atom stereocenters.